The first-order valence-corrected chi connectivity index (χ1v) is 8.14. The Labute approximate surface area is 129 Å². The summed E-state index contributed by atoms with van der Waals surface area (Å²) in [5.41, 5.74) is 4.93. The smallest absolute Gasteiger partial charge is 0.194 e. The van der Waals surface area contributed by atoms with Crippen molar-refractivity contribution in [1.82, 2.24) is 9.38 Å². The van der Waals surface area contributed by atoms with E-state index in [1.54, 1.807) is 11.3 Å². The van der Waals surface area contributed by atoms with E-state index in [2.05, 4.69) is 72.9 Å². The number of anilines is 1. The Morgan fingerprint density at radius 2 is 2.00 bits per heavy atom. The molecule has 1 N–H and O–H groups in total. The number of thiazole rings is 1. The average molecular weight is 299 g/mol. The number of para-hydroxylation sites is 1. The molecule has 110 valence electrons. The van der Waals surface area contributed by atoms with Crippen LogP contribution in [0.2, 0.25) is 0 Å². The number of imidazole rings is 1. The highest BCUT2D eigenvalue weighted by molar-refractivity contribution is 7.17. The number of aryl methyl sites for hydroxylation is 2. The van der Waals surface area contributed by atoms with Gasteiger partial charge in [0.2, 0.25) is 0 Å². The van der Waals surface area contributed by atoms with Crippen LogP contribution in [0, 0.1) is 13.8 Å². The topological polar surface area (TPSA) is 29.3 Å². The minimum absolute atomic E-state index is 0.517. The summed E-state index contributed by atoms with van der Waals surface area (Å²) in [5, 5.41) is 3.58. The number of aromatic nitrogens is 2. The third-order valence-corrected chi connectivity index (χ3v) is 4.67. The van der Waals surface area contributed by atoms with Crippen LogP contribution < -0.4 is 5.32 Å². The third-order valence-electron chi connectivity index (χ3n) is 3.77. The predicted octanol–water partition coefficient (Wildman–Crippen LogP) is 4.75. The van der Waals surface area contributed by atoms with E-state index >= 15 is 0 Å². The molecule has 0 amide bonds. The molecular weight excluding hydrogens is 278 g/mol. The molecule has 3 nitrogen and oxygen atoms in total. The Balaban J connectivity index is 1.88. The lowest BCUT2D eigenvalue weighted by Crippen LogP contribution is -2.06. The van der Waals surface area contributed by atoms with Crippen molar-refractivity contribution in [3.05, 3.63) is 52.3 Å². The molecule has 0 aliphatic heterocycles. The van der Waals surface area contributed by atoms with Gasteiger partial charge in [0.05, 0.1) is 17.9 Å². The van der Waals surface area contributed by atoms with Gasteiger partial charge < -0.3 is 5.32 Å². The van der Waals surface area contributed by atoms with E-state index in [1.807, 2.05) is 0 Å². The molecule has 0 aliphatic carbocycles. The molecule has 1 aromatic carbocycles. The molecule has 0 unspecified atom stereocenters. The largest absolute Gasteiger partial charge is 0.379 e. The molecule has 2 aromatic heterocycles. The second-order valence-corrected chi connectivity index (χ2v) is 6.95. The molecule has 0 atom stereocenters. The Kier molecular flexibility index (Phi) is 3.72. The first-order chi connectivity index (χ1) is 10.1. The standard InChI is InChI=1S/C17H21N3S/c1-11(2)14-7-5-6-8-15(14)18-9-16-13(4)19-17-20(16)10-12(3)21-17/h5-8,10-11,18H,9H2,1-4H3. The van der Waals surface area contributed by atoms with E-state index in [-0.39, 0.29) is 0 Å². The van der Waals surface area contributed by atoms with E-state index in [0.717, 1.165) is 17.2 Å². The summed E-state index contributed by atoms with van der Waals surface area (Å²) in [6.45, 7) is 9.46. The van der Waals surface area contributed by atoms with Crippen molar-refractivity contribution in [3.63, 3.8) is 0 Å². The lowest BCUT2D eigenvalue weighted by molar-refractivity contribution is 0.863. The van der Waals surface area contributed by atoms with Gasteiger partial charge in [0.15, 0.2) is 4.96 Å². The van der Waals surface area contributed by atoms with Crippen LogP contribution in [0.1, 0.15) is 41.6 Å². The van der Waals surface area contributed by atoms with E-state index < -0.39 is 0 Å². The second-order valence-electron chi connectivity index (χ2n) is 5.73. The van der Waals surface area contributed by atoms with Crippen LogP contribution in [0.15, 0.2) is 30.5 Å². The summed E-state index contributed by atoms with van der Waals surface area (Å²) in [5.74, 6) is 0.517. The summed E-state index contributed by atoms with van der Waals surface area (Å²) in [7, 11) is 0. The summed E-state index contributed by atoms with van der Waals surface area (Å²) in [6.07, 6.45) is 2.17. The minimum atomic E-state index is 0.517. The van der Waals surface area contributed by atoms with Crippen LogP contribution in [0.3, 0.4) is 0 Å². The SMILES string of the molecule is Cc1cn2c(CNc3ccccc3C(C)C)c(C)nc2s1. The Bertz CT molecular complexity index is 768. The van der Waals surface area contributed by atoms with E-state index in [0.29, 0.717) is 5.92 Å². The quantitative estimate of drug-likeness (QED) is 0.753. The highest BCUT2D eigenvalue weighted by Gasteiger charge is 2.12. The van der Waals surface area contributed by atoms with Gasteiger partial charge in [-0.15, -0.1) is 11.3 Å². The van der Waals surface area contributed by atoms with Crippen molar-refractivity contribution in [3.8, 4) is 0 Å². The molecule has 0 bridgehead atoms. The van der Waals surface area contributed by atoms with Crippen LogP contribution >= 0.6 is 11.3 Å². The zero-order valence-electron chi connectivity index (χ0n) is 13.0. The fourth-order valence-corrected chi connectivity index (χ4v) is 3.55. The molecule has 3 aromatic rings. The van der Waals surface area contributed by atoms with E-state index in [9.17, 15) is 0 Å². The maximum absolute atomic E-state index is 4.65. The molecule has 0 aliphatic rings. The third kappa shape index (κ3) is 2.68. The van der Waals surface area contributed by atoms with Gasteiger partial charge in [0, 0.05) is 16.8 Å². The van der Waals surface area contributed by atoms with Crippen LogP contribution in [-0.2, 0) is 6.54 Å². The van der Waals surface area contributed by atoms with Gasteiger partial charge in [-0.3, -0.25) is 4.40 Å². The second kappa shape index (κ2) is 5.53. The van der Waals surface area contributed by atoms with E-state index in [4.69, 9.17) is 0 Å². The number of hydrogen-bond donors (Lipinski definition) is 1. The molecule has 2 heterocycles. The maximum atomic E-state index is 4.65. The molecule has 0 saturated heterocycles. The lowest BCUT2D eigenvalue weighted by atomic mass is 10.0. The maximum Gasteiger partial charge on any atom is 0.194 e. The zero-order chi connectivity index (χ0) is 15.0. The van der Waals surface area contributed by atoms with Crippen molar-refractivity contribution in [2.75, 3.05) is 5.32 Å². The van der Waals surface area contributed by atoms with Gasteiger partial charge in [0.1, 0.15) is 0 Å². The average Bonchev–Trinajstić information content (AvgIpc) is 2.92. The van der Waals surface area contributed by atoms with Gasteiger partial charge in [-0.05, 0) is 31.4 Å². The van der Waals surface area contributed by atoms with Gasteiger partial charge >= 0.3 is 0 Å². The molecule has 3 rings (SSSR count). The Morgan fingerprint density at radius 3 is 2.76 bits per heavy atom. The number of nitrogens with one attached hydrogen (secondary N) is 1. The molecule has 21 heavy (non-hydrogen) atoms. The molecule has 0 fully saturated rings. The molecular formula is C17H21N3S. The van der Waals surface area contributed by atoms with Crippen LogP contribution in [0.25, 0.3) is 4.96 Å². The van der Waals surface area contributed by atoms with Gasteiger partial charge in [-0.2, -0.15) is 0 Å². The predicted molar refractivity (Wildman–Crippen MR) is 90.4 cm³/mol. The monoisotopic (exact) mass is 299 g/mol. The van der Waals surface area contributed by atoms with Crippen LogP contribution in [0.5, 0.6) is 0 Å². The highest BCUT2D eigenvalue weighted by Crippen LogP contribution is 2.25. The summed E-state index contributed by atoms with van der Waals surface area (Å²) in [4.78, 5) is 7.02. The van der Waals surface area contributed by atoms with Crippen molar-refractivity contribution in [2.24, 2.45) is 0 Å². The van der Waals surface area contributed by atoms with E-state index in [1.165, 1.54) is 21.8 Å². The Hall–Kier alpha value is -1.81. The van der Waals surface area contributed by atoms with Gasteiger partial charge in [-0.25, -0.2) is 4.98 Å². The zero-order valence-corrected chi connectivity index (χ0v) is 13.8. The fraction of sp³-hybridized carbons (Fsp3) is 0.353. The molecule has 0 spiro atoms. The number of nitrogens with zero attached hydrogens (tertiary/aromatic N) is 2. The number of fused-ring (bicyclic) bond motifs is 1. The highest BCUT2D eigenvalue weighted by atomic mass is 32.1. The van der Waals surface area contributed by atoms with Crippen molar-refractivity contribution in [2.45, 2.75) is 40.2 Å². The fourth-order valence-electron chi connectivity index (χ4n) is 2.66. The number of benzene rings is 1. The summed E-state index contributed by atoms with van der Waals surface area (Å²) >= 11 is 1.74. The first-order valence-electron chi connectivity index (χ1n) is 7.33. The lowest BCUT2D eigenvalue weighted by Gasteiger charge is -2.14. The molecule has 0 saturated carbocycles. The minimum Gasteiger partial charge on any atom is -0.379 e. The number of hydrogen-bond acceptors (Lipinski definition) is 3. The Morgan fingerprint density at radius 1 is 1.24 bits per heavy atom. The summed E-state index contributed by atoms with van der Waals surface area (Å²) in [6, 6.07) is 8.54. The molecule has 0 radical (unpaired) electrons. The van der Waals surface area contributed by atoms with Crippen molar-refractivity contribution in [1.29, 1.82) is 0 Å². The van der Waals surface area contributed by atoms with Crippen LogP contribution in [-0.4, -0.2) is 9.38 Å². The molecule has 4 heteroatoms. The number of rotatable bonds is 4. The first kappa shape index (κ1) is 14.1. The van der Waals surface area contributed by atoms with Gasteiger partial charge in [0.25, 0.3) is 0 Å². The van der Waals surface area contributed by atoms with Crippen LogP contribution in [0.4, 0.5) is 5.69 Å². The summed E-state index contributed by atoms with van der Waals surface area (Å²) < 4.78 is 2.21. The normalized spacial score (nSPS) is 11.5. The van der Waals surface area contributed by atoms with Gasteiger partial charge in [-0.1, -0.05) is 32.0 Å². The van der Waals surface area contributed by atoms with Crippen molar-refractivity contribution >= 4 is 22.0 Å². The van der Waals surface area contributed by atoms with Crippen molar-refractivity contribution < 1.29 is 0 Å².